The van der Waals surface area contributed by atoms with Gasteiger partial charge in [0.2, 0.25) is 0 Å². The molecule has 0 aromatic carbocycles. The normalized spacial score (nSPS) is 17.4. The zero-order valence-corrected chi connectivity index (χ0v) is 9.46. The zero-order valence-electron chi connectivity index (χ0n) is 9.46. The van der Waals surface area contributed by atoms with Crippen molar-refractivity contribution in [1.29, 1.82) is 0 Å². The van der Waals surface area contributed by atoms with Crippen LogP contribution >= 0.6 is 0 Å². The maximum absolute atomic E-state index is 10.9. The first-order valence-corrected chi connectivity index (χ1v) is 5.00. The van der Waals surface area contributed by atoms with Crippen molar-refractivity contribution < 1.29 is 14.6 Å². The molecule has 0 rings (SSSR count). The van der Waals surface area contributed by atoms with Gasteiger partial charge in [-0.1, -0.05) is 6.92 Å². The Hall–Kier alpha value is -0.610. The van der Waals surface area contributed by atoms with Gasteiger partial charge >= 0.3 is 5.97 Å². The molecule has 84 valence electrons. The van der Waals surface area contributed by atoms with E-state index in [0.717, 1.165) is 6.42 Å². The molecule has 0 saturated carbocycles. The van der Waals surface area contributed by atoms with Crippen LogP contribution in [0.3, 0.4) is 0 Å². The van der Waals surface area contributed by atoms with E-state index in [1.807, 2.05) is 13.8 Å². The molecule has 0 amide bonds. The van der Waals surface area contributed by atoms with E-state index in [0.29, 0.717) is 13.0 Å². The fraction of sp³-hybridized carbons (Fsp3) is 0.900. The van der Waals surface area contributed by atoms with Crippen LogP contribution in [-0.4, -0.2) is 36.4 Å². The lowest BCUT2D eigenvalue weighted by Crippen LogP contribution is -2.48. The summed E-state index contributed by atoms with van der Waals surface area (Å²) >= 11 is 0. The summed E-state index contributed by atoms with van der Waals surface area (Å²) in [4.78, 5) is 10.9. The number of hydrogen-bond acceptors (Lipinski definition) is 3. The van der Waals surface area contributed by atoms with Crippen molar-refractivity contribution in [2.45, 2.75) is 45.3 Å². The first kappa shape index (κ1) is 13.4. The molecular weight excluding hydrogens is 182 g/mol. The molecule has 0 radical (unpaired) electrons. The molecule has 0 aliphatic rings. The van der Waals surface area contributed by atoms with Gasteiger partial charge in [-0.2, -0.15) is 0 Å². The van der Waals surface area contributed by atoms with E-state index in [4.69, 9.17) is 9.84 Å². The van der Waals surface area contributed by atoms with Crippen LogP contribution in [0.5, 0.6) is 0 Å². The van der Waals surface area contributed by atoms with Gasteiger partial charge in [0.1, 0.15) is 5.54 Å². The van der Waals surface area contributed by atoms with E-state index < -0.39 is 11.5 Å². The first-order chi connectivity index (χ1) is 6.46. The lowest BCUT2D eigenvalue weighted by Gasteiger charge is -2.24. The van der Waals surface area contributed by atoms with E-state index in [9.17, 15) is 4.79 Å². The Kier molecular flexibility index (Phi) is 5.72. The largest absolute Gasteiger partial charge is 0.480 e. The average molecular weight is 203 g/mol. The summed E-state index contributed by atoms with van der Waals surface area (Å²) in [5.74, 6) is -0.840. The molecule has 0 bridgehead atoms. The maximum atomic E-state index is 10.9. The standard InChI is InChI=1S/C10H21NO3/c1-5-8(2)14-7-6-10(3,11-4)9(12)13/h8,11H,5-7H2,1-4H3,(H,12,13). The quantitative estimate of drug-likeness (QED) is 0.654. The minimum Gasteiger partial charge on any atom is -0.480 e. The molecular formula is C10H21NO3. The summed E-state index contributed by atoms with van der Waals surface area (Å²) in [6.45, 7) is 6.16. The van der Waals surface area contributed by atoms with E-state index in [-0.39, 0.29) is 6.10 Å². The highest BCUT2D eigenvalue weighted by molar-refractivity contribution is 5.78. The van der Waals surface area contributed by atoms with Gasteiger partial charge in [0, 0.05) is 6.61 Å². The molecule has 2 N–H and O–H groups in total. The van der Waals surface area contributed by atoms with Gasteiger partial charge in [0.25, 0.3) is 0 Å². The van der Waals surface area contributed by atoms with Crippen LogP contribution < -0.4 is 5.32 Å². The van der Waals surface area contributed by atoms with Crippen molar-refractivity contribution in [2.24, 2.45) is 0 Å². The predicted octanol–water partition coefficient (Wildman–Crippen LogP) is 1.25. The molecule has 0 aromatic heterocycles. The van der Waals surface area contributed by atoms with Crippen molar-refractivity contribution in [3.8, 4) is 0 Å². The summed E-state index contributed by atoms with van der Waals surface area (Å²) in [6, 6.07) is 0. The van der Waals surface area contributed by atoms with Gasteiger partial charge < -0.3 is 15.2 Å². The molecule has 0 fully saturated rings. The molecule has 0 aliphatic heterocycles. The zero-order chi connectivity index (χ0) is 11.2. The Labute approximate surface area is 85.6 Å². The van der Waals surface area contributed by atoms with Crippen molar-refractivity contribution in [3.63, 3.8) is 0 Å². The van der Waals surface area contributed by atoms with E-state index in [1.54, 1.807) is 14.0 Å². The van der Waals surface area contributed by atoms with Crippen molar-refractivity contribution in [2.75, 3.05) is 13.7 Å². The van der Waals surface area contributed by atoms with Gasteiger partial charge in [-0.15, -0.1) is 0 Å². The Balaban J connectivity index is 3.90. The third kappa shape index (κ3) is 4.07. The van der Waals surface area contributed by atoms with Gasteiger partial charge in [-0.25, -0.2) is 0 Å². The Morgan fingerprint density at radius 2 is 2.21 bits per heavy atom. The number of carbonyl (C=O) groups is 1. The summed E-state index contributed by atoms with van der Waals surface area (Å²) in [5.41, 5.74) is -0.881. The minimum atomic E-state index is -0.881. The van der Waals surface area contributed by atoms with Gasteiger partial charge in [-0.05, 0) is 33.7 Å². The number of carboxylic acids is 1. The highest BCUT2D eigenvalue weighted by atomic mass is 16.5. The molecule has 0 spiro atoms. The van der Waals surface area contributed by atoms with Gasteiger partial charge in [0.05, 0.1) is 6.10 Å². The lowest BCUT2D eigenvalue weighted by molar-refractivity contribution is -0.145. The van der Waals surface area contributed by atoms with E-state index in [2.05, 4.69) is 5.32 Å². The van der Waals surface area contributed by atoms with Crippen molar-refractivity contribution in [3.05, 3.63) is 0 Å². The molecule has 14 heavy (non-hydrogen) atoms. The summed E-state index contributed by atoms with van der Waals surface area (Å²) in [7, 11) is 1.65. The van der Waals surface area contributed by atoms with Crippen LogP contribution in [-0.2, 0) is 9.53 Å². The first-order valence-electron chi connectivity index (χ1n) is 5.00. The van der Waals surface area contributed by atoms with Crippen LogP contribution in [0.25, 0.3) is 0 Å². The van der Waals surface area contributed by atoms with Crippen molar-refractivity contribution >= 4 is 5.97 Å². The molecule has 0 aromatic rings. The SMILES string of the molecule is CCC(C)OCCC(C)(NC)C(=O)O. The Bertz CT molecular complexity index is 184. The molecule has 2 atom stereocenters. The average Bonchev–Trinajstić information content (AvgIpc) is 2.16. The lowest BCUT2D eigenvalue weighted by atomic mass is 9.99. The number of likely N-dealkylation sites (N-methyl/N-ethyl adjacent to an activating group) is 1. The molecule has 2 unspecified atom stereocenters. The summed E-state index contributed by atoms with van der Waals surface area (Å²) in [5, 5.41) is 11.7. The van der Waals surface area contributed by atoms with Crippen LogP contribution in [0.1, 0.15) is 33.6 Å². The summed E-state index contributed by atoms with van der Waals surface area (Å²) < 4.78 is 5.44. The molecule has 0 saturated heterocycles. The molecule has 4 heteroatoms. The van der Waals surface area contributed by atoms with Crippen LogP contribution in [0, 0.1) is 0 Å². The number of hydrogen-bond donors (Lipinski definition) is 2. The molecule has 0 aliphatic carbocycles. The Morgan fingerprint density at radius 3 is 2.57 bits per heavy atom. The Morgan fingerprint density at radius 1 is 1.64 bits per heavy atom. The summed E-state index contributed by atoms with van der Waals surface area (Å²) in [6.07, 6.45) is 1.62. The van der Waals surface area contributed by atoms with E-state index in [1.165, 1.54) is 0 Å². The number of rotatable bonds is 7. The topological polar surface area (TPSA) is 58.6 Å². The second kappa shape index (κ2) is 5.98. The number of nitrogens with one attached hydrogen (secondary N) is 1. The third-order valence-electron chi connectivity index (χ3n) is 2.60. The highest BCUT2D eigenvalue weighted by Gasteiger charge is 2.30. The molecule has 0 heterocycles. The smallest absolute Gasteiger partial charge is 0.323 e. The van der Waals surface area contributed by atoms with Gasteiger partial charge in [-0.3, -0.25) is 4.79 Å². The van der Waals surface area contributed by atoms with Crippen LogP contribution in [0.2, 0.25) is 0 Å². The third-order valence-corrected chi connectivity index (χ3v) is 2.60. The number of carboxylic acid groups (broad SMARTS) is 1. The number of aliphatic carboxylic acids is 1. The van der Waals surface area contributed by atoms with Crippen LogP contribution in [0.15, 0.2) is 0 Å². The number of ether oxygens (including phenoxy) is 1. The second-order valence-electron chi connectivity index (χ2n) is 3.73. The fourth-order valence-electron chi connectivity index (χ4n) is 0.921. The minimum absolute atomic E-state index is 0.199. The van der Waals surface area contributed by atoms with Crippen LogP contribution in [0.4, 0.5) is 0 Å². The monoisotopic (exact) mass is 203 g/mol. The second-order valence-corrected chi connectivity index (χ2v) is 3.73. The predicted molar refractivity (Wildman–Crippen MR) is 55.4 cm³/mol. The van der Waals surface area contributed by atoms with Crippen molar-refractivity contribution in [1.82, 2.24) is 5.32 Å². The van der Waals surface area contributed by atoms with Gasteiger partial charge in [0.15, 0.2) is 0 Å². The fourth-order valence-corrected chi connectivity index (χ4v) is 0.921. The maximum Gasteiger partial charge on any atom is 0.323 e. The molecule has 4 nitrogen and oxygen atoms in total. The van der Waals surface area contributed by atoms with E-state index >= 15 is 0 Å². The highest BCUT2D eigenvalue weighted by Crippen LogP contribution is 2.10.